The number of carbonyl (C=O) groups is 2. The molecule has 0 heterocycles. The first-order valence-electron chi connectivity index (χ1n) is 9.56. The van der Waals surface area contributed by atoms with Crippen molar-refractivity contribution in [1.82, 2.24) is 5.32 Å². The minimum absolute atomic E-state index is 0.144. The van der Waals surface area contributed by atoms with Crippen LogP contribution in [0.4, 0.5) is 0 Å². The van der Waals surface area contributed by atoms with Gasteiger partial charge in [-0.25, -0.2) is 0 Å². The lowest BCUT2D eigenvalue weighted by molar-refractivity contribution is -0.119. The Morgan fingerprint density at radius 3 is 2.33 bits per heavy atom. The quantitative estimate of drug-likeness (QED) is 0.542. The molecule has 2 amide bonds. The maximum atomic E-state index is 13.0. The van der Waals surface area contributed by atoms with Crippen molar-refractivity contribution >= 4 is 35.0 Å². The summed E-state index contributed by atoms with van der Waals surface area (Å²) in [7, 11) is 1.42. The van der Waals surface area contributed by atoms with Crippen LogP contribution in [0.15, 0.2) is 36.4 Å². The van der Waals surface area contributed by atoms with E-state index >= 15 is 0 Å². The van der Waals surface area contributed by atoms with E-state index in [0.717, 1.165) is 18.4 Å². The van der Waals surface area contributed by atoms with E-state index in [1.165, 1.54) is 19.2 Å². The Kier molecular flexibility index (Phi) is 8.81. The standard InChI is InChI=1S/C22H26Cl2N2O4/c1-13(2)4-9-18(14-5-7-16(23)8-6-14)26-22(28)15-10-17(24)21(19(11-15)29-3)30-12-20(25)27/h5-8,10-11,13,18H,4,9,12H2,1-3H3,(H2,25,27)(H,26,28). The van der Waals surface area contributed by atoms with Crippen LogP contribution in [-0.2, 0) is 4.79 Å². The van der Waals surface area contributed by atoms with E-state index in [0.29, 0.717) is 16.5 Å². The van der Waals surface area contributed by atoms with Crippen LogP contribution in [0.25, 0.3) is 0 Å². The molecule has 0 saturated heterocycles. The highest BCUT2D eigenvalue weighted by Gasteiger charge is 2.20. The Hall–Kier alpha value is -2.44. The van der Waals surface area contributed by atoms with Gasteiger partial charge in [0.25, 0.3) is 11.8 Å². The average molecular weight is 453 g/mol. The molecule has 162 valence electrons. The molecule has 2 aromatic rings. The maximum absolute atomic E-state index is 13.0. The Labute approximate surface area is 186 Å². The molecule has 0 aromatic heterocycles. The second-order valence-electron chi connectivity index (χ2n) is 7.29. The number of benzene rings is 2. The van der Waals surface area contributed by atoms with E-state index in [9.17, 15) is 9.59 Å². The Balaban J connectivity index is 2.26. The van der Waals surface area contributed by atoms with Crippen LogP contribution in [-0.4, -0.2) is 25.5 Å². The number of halogens is 2. The van der Waals surface area contributed by atoms with Crippen molar-refractivity contribution in [2.75, 3.05) is 13.7 Å². The molecule has 0 aliphatic heterocycles. The fourth-order valence-corrected chi connectivity index (χ4v) is 3.28. The summed E-state index contributed by atoms with van der Waals surface area (Å²) in [6, 6.07) is 10.2. The highest BCUT2D eigenvalue weighted by atomic mass is 35.5. The number of carbonyl (C=O) groups excluding carboxylic acids is 2. The van der Waals surface area contributed by atoms with Crippen LogP contribution in [0.5, 0.6) is 11.5 Å². The van der Waals surface area contributed by atoms with E-state index in [1.54, 1.807) is 12.1 Å². The smallest absolute Gasteiger partial charge is 0.255 e. The highest BCUT2D eigenvalue weighted by Crippen LogP contribution is 2.36. The lowest BCUT2D eigenvalue weighted by atomic mass is 9.97. The van der Waals surface area contributed by atoms with E-state index in [4.69, 9.17) is 38.4 Å². The Morgan fingerprint density at radius 1 is 1.10 bits per heavy atom. The van der Waals surface area contributed by atoms with Gasteiger partial charge in [0.15, 0.2) is 18.1 Å². The molecule has 2 rings (SSSR count). The minimum atomic E-state index is -0.647. The molecule has 0 fully saturated rings. The van der Waals surface area contributed by atoms with Crippen molar-refractivity contribution in [3.8, 4) is 11.5 Å². The van der Waals surface area contributed by atoms with Crippen molar-refractivity contribution in [3.05, 3.63) is 57.6 Å². The molecule has 30 heavy (non-hydrogen) atoms. The first-order valence-corrected chi connectivity index (χ1v) is 10.3. The van der Waals surface area contributed by atoms with Crippen LogP contribution in [0.1, 0.15) is 48.7 Å². The van der Waals surface area contributed by atoms with Gasteiger partial charge in [-0.15, -0.1) is 0 Å². The predicted octanol–water partition coefficient (Wildman–Crippen LogP) is 4.77. The second-order valence-corrected chi connectivity index (χ2v) is 8.14. The largest absolute Gasteiger partial charge is 0.493 e. The van der Waals surface area contributed by atoms with Gasteiger partial charge in [-0.1, -0.05) is 49.2 Å². The van der Waals surface area contributed by atoms with Crippen LogP contribution in [0.2, 0.25) is 10.0 Å². The van der Waals surface area contributed by atoms with Gasteiger partial charge in [0.1, 0.15) is 0 Å². The van der Waals surface area contributed by atoms with Crippen LogP contribution < -0.4 is 20.5 Å². The third-order valence-corrected chi connectivity index (χ3v) is 4.99. The number of rotatable bonds is 10. The van der Waals surface area contributed by atoms with Gasteiger partial charge >= 0.3 is 0 Å². The third-order valence-electron chi connectivity index (χ3n) is 4.46. The molecule has 0 radical (unpaired) electrons. The van der Waals surface area contributed by atoms with Gasteiger partial charge in [0.05, 0.1) is 18.2 Å². The first-order chi connectivity index (χ1) is 14.2. The lowest BCUT2D eigenvalue weighted by Crippen LogP contribution is -2.29. The molecule has 0 aliphatic rings. The van der Waals surface area contributed by atoms with Crippen molar-refractivity contribution < 1.29 is 19.1 Å². The lowest BCUT2D eigenvalue weighted by Gasteiger charge is -2.21. The van der Waals surface area contributed by atoms with E-state index in [1.807, 2.05) is 12.1 Å². The molecule has 2 aromatic carbocycles. The number of primary amides is 1. The second kappa shape index (κ2) is 11.1. The van der Waals surface area contributed by atoms with Crippen molar-refractivity contribution in [2.45, 2.75) is 32.7 Å². The van der Waals surface area contributed by atoms with Crippen LogP contribution in [0, 0.1) is 5.92 Å². The summed E-state index contributed by atoms with van der Waals surface area (Å²) >= 11 is 12.3. The number of nitrogens with two attached hydrogens (primary N) is 1. The van der Waals surface area contributed by atoms with Gasteiger partial charge in [-0.3, -0.25) is 9.59 Å². The van der Waals surface area contributed by atoms with Gasteiger partial charge in [0.2, 0.25) is 0 Å². The molecule has 0 aliphatic carbocycles. The summed E-state index contributed by atoms with van der Waals surface area (Å²) in [4.78, 5) is 24.0. The molecule has 3 N–H and O–H groups in total. The summed E-state index contributed by atoms with van der Waals surface area (Å²) < 4.78 is 10.6. The summed E-state index contributed by atoms with van der Waals surface area (Å²) in [5.74, 6) is -0.0677. The molecule has 0 spiro atoms. The highest BCUT2D eigenvalue weighted by molar-refractivity contribution is 6.32. The van der Waals surface area contributed by atoms with Gasteiger partial charge in [-0.05, 0) is 48.6 Å². The normalized spacial score (nSPS) is 11.8. The van der Waals surface area contributed by atoms with Crippen molar-refractivity contribution in [1.29, 1.82) is 0 Å². The molecule has 1 atom stereocenters. The summed E-state index contributed by atoms with van der Waals surface area (Å²) in [5.41, 5.74) is 6.39. The average Bonchev–Trinajstić information content (AvgIpc) is 2.69. The van der Waals surface area contributed by atoms with E-state index < -0.39 is 5.91 Å². The SMILES string of the molecule is COc1cc(C(=O)NC(CCC(C)C)c2ccc(Cl)cc2)cc(Cl)c1OCC(N)=O. The van der Waals surface area contributed by atoms with Gasteiger partial charge in [-0.2, -0.15) is 0 Å². The van der Waals surface area contributed by atoms with Crippen LogP contribution in [0.3, 0.4) is 0 Å². The third kappa shape index (κ3) is 6.82. The molecule has 8 heteroatoms. The van der Waals surface area contributed by atoms with Crippen molar-refractivity contribution in [2.24, 2.45) is 11.7 Å². The first kappa shape index (κ1) is 23.8. The Bertz CT molecular complexity index is 885. The number of hydrogen-bond acceptors (Lipinski definition) is 4. The number of methoxy groups -OCH3 is 1. The number of nitrogens with one attached hydrogen (secondary N) is 1. The van der Waals surface area contributed by atoms with Gasteiger partial charge < -0.3 is 20.5 Å². The number of ether oxygens (including phenoxy) is 2. The number of hydrogen-bond donors (Lipinski definition) is 2. The van der Waals surface area contributed by atoms with E-state index in [2.05, 4.69) is 19.2 Å². The zero-order chi connectivity index (χ0) is 22.3. The van der Waals surface area contributed by atoms with Crippen molar-refractivity contribution in [3.63, 3.8) is 0 Å². The topological polar surface area (TPSA) is 90.7 Å². The van der Waals surface area contributed by atoms with Crippen LogP contribution >= 0.6 is 23.2 Å². The Morgan fingerprint density at radius 2 is 1.77 bits per heavy atom. The molecule has 6 nitrogen and oxygen atoms in total. The zero-order valence-electron chi connectivity index (χ0n) is 17.2. The number of amides is 2. The predicted molar refractivity (Wildman–Crippen MR) is 118 cm³/mol. The van der Waals surface area contributed by atoms with E-state index in [-0.39, 0.29) is 35.1 Å². The summed E-state index contributed by atoms with van der Waals surface area (Å²) in [5, 5.41) is 3.84. The molecule has 1 unspecified atom stereocenters. The zero-order valence-corrected chi connectivity index (χ0v) is 18.7. The fraction of sp³-hybridized carbons (Fsp3) is 0.364. The molecular formula is C22H26Cl2N2O4. The molecule has 0 bridgehead atoms. The monoisotopic (exact) mass is 452 g/mol. The molecular weight excluding hydrogens is 427 g/mol. The van der Waals surface area contributed by atoms with Gasteiger partial charge in [0, 0.05) is 10.6 Å². The summed E-state index contributed by atoms with van der Waals surface area (Å²) in [6.45, 7) is 3.92. The maximum Gasteiger partial charge on any atom is 0.255 e. The fourth-order valence-electron chi connectivity index (χ4n) is 2.89. The molecule has 0 saturated carbocycles. The minimum Gasteiger partial charge on any atom is -0.493 e. The summed E-state index contributed by atoms with van der Waals surface area (Å²) in [6.07, 6.45) is 1.72.